The summed E-state index contributed by atoms with van der Waals surface area (Å²) < 4.78 is 15.0. The molecule has 0 radical (unpaired) electrons. The van der Waals surface area contributed by atoms with Gasteiger partial charge in [-0.1, -0.05) is 36.4 Å². The fourth-order valence-electron chi connectivity index (χ4n) is 1.95. The van der Waals surface area contributed by atoms with Gasteiger partial charge in [0, 0.05) is 11.4 Å². The normalized spacial score (nSPS) is 11.5. The molecule has 0 amide bonds. The minimum atomic E-state index is -2.96. The van der Waals surface area contributed by atoms with E-state index >= 15 is 0 Å². The number of hydrogen-bond donors (Lipinski definition) is 2. The number of nitrogens with one attached hydrogen (secondary N) is 2. The summed E-state index contributed by atoms with van der Waals surface area (Å²) >= 11 is 0. The van der Waals surface area contributed by atoms with E-state index in [2.05, 4.69) is 10.2 Å². The first kappa shape index (κ1) is 15.6. The maximum absolute atomic E-state index is 13.3. The summed E-state index contributed by atoms with van der Waals surface area (Å²) in [5, 5.41) is 6.34. The van der Waals surface area contributed by atoms with Crippen LogP contribution >= 0.6 is 7.59 Å². The Labute approximate surface area is 126 Å². The molecule has 2 rings (SSSR count). The molecule has 21 heavy (non-hydrogen) atoms. The quantitative estimate of drug-likeness (QED) is 0.798. The van der Waals surface area contributed by atoms with Gasteiger partial charge in [-0.3, -0.25) is 4.57 Å². The smallest absolute Gasteiger partial charge is 0.308 e. The highest BCUT2D eigenvalue weighted by Crippen LogP contribution is 2.48. The zero-order chi connectivity index (χ0) is 15.5. The second kappa shape index (κ2) is 6.33. The van der Waals surface area contributed by atoms with Gasteiger partial charge in [0.2, 0.25) is 0 Å². The summed E-state index contributed by atoms with van der Waals surface area (Å²) in [6, 6.07) is 15.7. The fourth-order valence-corrected chi connectivity index (χ4v) is 3.56. The van der Waals surface area contributed by atoms with Gasteiger partial charge in [0.05, 0.1) is 0 Å². The Kier molecular flexibility index (Phi) is 4.71. The van der Waals surface area contributed by atoms with E-state index in [0.29, 0.717) is 0 Å². The third-order valence-electron chi connectivity index (χ3n) is 3.40. The van der Waals surface area contributed by atoms with E-state index in [-0.39, 0.29) is 0 Å². The summed E-state index contributed by atoms with van der Waals surface area (Å²) in [6.07, 6.45) is 0. The molecule has 0 fully saturated rings. The van der Waals surface area contributed by atoms with Crippen LogP contribution in [0.4, 0.5) is 11.4 Å². The number of para-hydroxylation sites is 2. The van der Waals surface area contributed by atoms with Crippen molar-refractivity contribution >= 4 is 19.0 Å². The minimum absolute atomic E-state index is 0.871. The van der Waals surface area contributed by atoms with E-state index in [4.69, 9.17) is 0 Å². The zero-order valence-electron chi connectivity index (χ0n) is 12.9. The molecule has 0 aromatic heterocycles. The average Bonchev–Trinajstić information content (AvgIpc) is 2.44. The number of hydrogen-bond acceptors (Lipinski definition) is 1. The van der Waals surface area contributed by atoms with E-state index in [1.807, 2.05) is 62.4 Å². The maximum Gasteiger partial charge on any atom is 0.330 e. The first-order valence-corrected chi connectivity index (χ1v) is 8.54. The summed E-state index contributed by atoms with van der Waals surface area (Å²) in [4.78, 5) is 0. The molecule has 0 heterocycles. The van der Waals surface area contributed by atoms with Crippen LogP contribution in [-0.2, 0) is 4.57 Å². The van der Waals surface area contributed by atoms with Crippen molar-refractivity contribution in [3.8, 4) is 0 Å². The summed E-state index contributed by atoms with van der Waals surface area (Å²) in [6.45, 7) is 3.99. The van der Waals surface area contributed by atoms with Crippen LogP contribution in [0.3, 0.4) is 0 Å². The SMILES string of the molecule is Cc1ccccc1NP(=O)(Nc1ccccc1C)N(C)C. The largest absolute Gasteiger partial charge is 0.330 e. The summed E-state index contributed by atoms with van der Waals surface area (Å²) in [5.74, 6) is 0. The molecule has 2 aromatic rings. The molecule has 5 heteroatoms. The lowest BCUT2D eigenvalue weighted by Crippen LogP contribution is -2.21. The predicted octanol–water partition coefficient (Wildman–Crippen LogP) is 4.50. The minimum Gasteiger partial charge on any atom is -0.308 e. The summed E-state index contributed by atoms with van der Waals surface area (Å²) in [7, 11) is 0.650. The predicted molar refractivity (Wildman–Crippen MR) is 90.9 cm³/mol. The molecule has 0 aliphatic rings. The highest BCUT2D eigenvalue weighted by Gasteiger charge is 2.26. The number of aryl methyl sites for hydroxylation is 2. The molecule has 0 unspecified atom stereocenters. The first-order chi connectivity index (χ1) is 9.92. The van der Waals surface area contributed by atoms with Crippen LogP contribution in [-0.4, -0.2) is 18.8 Å². The number of benzene rings is 2. The lowest BCUT2D eigenvalue weighted by Gasteiger charge is -2.29. The van der Waals surface area contributed by atoms with Crippen LogP contribution in [0.2, 0.25) is 0 Å². The lowest BCUT2D eigenvalue weighted by atomic mass is 10.2. The van der Waals surface area contributed by atoms with Crippen molar-refractivity contribution in [2.45, 2.75) is 13.8 Å². The number of nitrogens with zero attached hydrogens (tertiary/aromatic N) is 1. The molecule has 0 spiro atoms. The van der Waals surface area contributed by atoms with Crippen molar-refractivity contribution in [2.75, 3.05) is 24.3 Å². The van der Waals surface area contributed by atoms with Crippen molar-refractivity contribution < 1.29 is 4.57 Å². The van der Waals surface area contributed by atoms with Crippen LogP contribution in [0.1, 0.15) is 11.1 Å². The van der Waals surface area contributed by atoms with Gasteiger partial charge < -0.3 is 10.2 Å². The van der Waals surface area contributed by atoms with Crippen LogP contribution in [0.5, 0.6) is 0 Å². The average molecular weight is 303 g/mol. The van der Waals surface area contributed by atoms with Crippen molar-refractivity contribution in [3.63, 3.8) is 0 Å². The second-order valence-electron chi connectivity index (χ2n) is 5.28. The van der Waals surface area contributed by atoms with Crippen LogP contribution in [0.25, 0.3) is 0 Å². The molecule has 0 saturated heterocycles. The van der Waals surface area contributed by atoms with Gasteiger partial charge in [0.1, 0.15) is 0 Å². The van der Waals surface area contributed by atoms with Gasteiger partial charge in [-0.2, -0.15) is 0 Å². The molecule has 0 bridgehead atoms. The van der Waals surface area contributed by atoms with Gasteiger partial charge in [-0.25, -0.2) is 4.67 Å². The molecule has 0 aliphatic carbocycles. The Morgan fingerprint density at radius 2 is 1.19 bits per heavy atom. The van der Waals surface area contributed by atoms with Gasteiger partial charge in [0.15, 0.2) is 0 Å². The Bertz CT molecular complexity index is 619. The Hall–Kier alpha value is -1.77. The third kappa shape index (κ3) is 3.66. The van der Waals surface area contributed by atoms with Crippen LogP contribution in [0, 0.1) is 13.8 Å². The number of anilines is 2. The highest BCUT2D eigenvalue weighted by molar-refractivity contribution is 7.64. The van der Waals surface area contributed by atoms with Crippen LogP contribution in [0.15, 0.2) is 48.5 Å². The maximum atomic E-state index is 13.3. The number of rotatable bonds is 5. The molecule has 0 saturated carbocycles. The van der Waals surface area contributed by atoms with Crippen molar-refractivity contribution in [3.05, 3.63) is 59.7 Å². The Balaban J connectivity index is 2.32. The molecule has 112 valence electrons. The Morgan fingerprint density at radius 1 is 0.810 bits per heavy atom. The van der Waals surface area contributed by atoms with Gasteiger partial charge in [0.25, 0.3) is 0 Å². The van der Waals surface area contributed by atoms with E-state index in [9.17, 15) is 4.57 Å². The third-order valence-corrected chi connectivity index (χ3v) is 5.61. The van der Waals surface area contributed by atoms with Crippen molar-refractivity contribution in [2.24, 2.45) is 0 Å². The monoisotopic (exact) mass is 303 g/mol. The topological polar surface area (TPSA) is 44.4 Å². The van der Waals surface area contributed by atoms with E-state index in [0.717, 1.165) is 22.5 Å². The second-order valence-corrected chi connectivity index (χ2v) is 7.68. The molecule has 2 aromatic carbocycles. The van der Waals surface area contributed by atoms with Gasteiger partial charge in [-0.15, -0.1) is 0 Å². The zero-order valence-corrected chi connectivity index (χ0v) is 13.8. The molecular weight excluding hydrogens is 281 g/mol. The van der Waals surface area contributed by atoms with Crippen molar-refractivity contribution in [1.82, 2.24) is 4.67 Å². The van der Waals surface area contributed by atoms with Crippen LogP contribution < -0.4 is 10.2 Å². The lowest BCUT2D eigenvalue weighted by molar-refractivity contribution is 0.524. The molecule has 4 nitrogen and oxygen atoms in total. The van der Waals surface area contributed by atoms with E-state index < -0.39 is 7.59 Å². The van der Waals surface area contributed by atoms with Gasteiger partial charge in [-0.05, 0) is 51.2 Å². The molecule has 0 aliphatic heterocycles. The highest BCUT2D eigenvalue weighted by atomic mass is 31.2. The molecular formula is C16H22N3OP. The van der Waals surface area contributed by atoms with Crippen molar-refractivity contribution in [1.29, 1.82) is 0 Å². The van der Waals surface area contributed by atoms with E-state index in [1.54, 1.807) is 18.8 Å². The standard InChI is InChI=1S/C16H22N3OP/c1-13-9-5-7-11-15(13)17-21(20,19(3)4)18-16-12-8-6-10-14(16)2/h5-12H,1-4H3,(H2,17,18,20). The van der Waals surface area contributed by atoms with E-state index in [1.165, 1.54) is 0 Å². The van der Waals surface area contributed by atoms with Gasteiger partial charge >= 0.3 is 7.59 Å². The molecule has 2 N–H and O–H groups in total. The molecule has 0 atom stereocenters. The first-order valence-electron chi connectivity index (χ1n) is 6.88. The Morgan fingerprint density at radius 3 is 1.52 bits per heavy atom. The fraction of sp³-hybridized carbons (Fsp3) is 0.250. The summed E-state index contributed by atoms with van der Waals surface area (Å²) in [5.41, 5.74) is 3.86.